The number of carbonyl (C=O) groups is 2. The van der Waals surface area contributed by atoms with Crippen molar-refractivity contribution < 1.29 is 14.0 Å². The molecule has 1 aromatic heterocycles. The van der Waals surface area contributed by atoms with Gasteiger partial charge in [0.05, 0.1) is 6.42 Å². The molecule has 1 N–H and O–H groups in total. The van der Waals surface area contributed by atoms with Gasteiger partial charge in [0.1, 0.15) is 11.6 Å². The number of likely N-dealkylation sites (tertiary alicyclic amines) is 1. The van der Waals surface area contributed by atoms with Crippen LogP contribution < -0.4 is 0 Å². The van der Waals surface area contributed by atoms with E-state index in [4.69, 9.17) is 0 Å². The van der Waals surface area contributed by atoms with Crippen LogP contribution >= 0.6 is 0 Å². The Morgan fingerprint density at radius 2 is 2.05 bits per heavy atom. The molecule has 1 saturated heterocycles. The van der Waals surface area contributed by atoms with E-state index in [1.807, 2.05) is 0 Å². The fourth-order valence-corrected chi connectivity index (χ4v) is 2.58. The van der Waals surface area contributed by atoms with Crippen molar-refractivity contribution in [1.29, 1.82) is 0 Å². The minimum Gasteiger partial charge on any atom is -0.361 e. The van der Waals surface area contributed by atoms with Gasteiger partial charge in [-0.15, -0.1) is 0 Å². The first-order chi connectivity index (χ1) is 9.63. The summed E-state index contributed by atoms with van der Waals surface area (Å²) in [6.07, 6.45) is 2.86. The van der Waals surface area contributed by atoms with Gasteiger partial charge >= 0.3 is 0 Å². The van der Waals surface area contributed by atoms with Crippen molar-refractivity contribution in [2.75, 3.05) is 13.1 Å². The predicted molar refractivity (Wildman–Crippen MR) is 72.8 cm³/mol. The van der Waals surface area contributed by atoms with Crippen molar-refractivity contribution in [1.82, 2.24) is 9.88 Å². The standard InChI is InChI=1S/C15H15FN2O2/c16-11-1-2-14-13(8-11)10(9-17-14)7-15(20)18-5-3-12(19)4-6-18/h1-2,8-9,17H,3-7H2. The van der Waals surface area contributed by atoms with E-state index in [9.17, 15) is 14.0 Å². The highest BCUT2D eigenvalue weighted by Crippen LogP contribution is 2.20. The molecule has 1 amide bonds. The van der Waals surface area contributed by atoms with Crippen molar-refractivity contribution in [3.05, 3.63) is 35.8 Å². The van der Waals surface area contributed by atoms with E-state index in [0.717, 1.165) is 16.5 Å². The number of aromatic nitrogens is 1. The second kappa shape index (κ2) is 5.07. The molecule has 5 heteroatoms. The molecule has 2 aromatic rings. The number of fused-ring (bicyclic) bond motifs is 1. The Balaban J connectivity index is 1.77. The third kappa shape index (κ3) is 2.43. The maximum atomic E-state index is 13.3. The second-order valence-corrected chi connectivity index (χ2v) is 5.10. The zero-order valence-corrected chi connectivity index (χ0v) is 11.0. The summed E-state index contributed by atoms with van der Waals surface area (Å²) >= 11 is 0. The molecule has 104 valence electrons. The molecule has 0 aliphatic carbocycles. The summed E-state index contributed by atoms with van der Waals surface area (Å²) in [5.74, 6) is -0.111. The molecule has 20 heavy (non-hydrogen) atoms. The summed E-state index contributed by atoms with van der Waals surface area (Å²) in [4.78, 5) is 28.1. The monoisotopic (exact) mass is 274 g/mol. The van der Waals surface area contributed by atoms with Crippen molar-refractivity contribution >= 4 is 22.6 Å². The van der Waals surface area contributed by atoms with E-state index in [1.54, 1.807) is 17.2 Å². The first kappa shape index (κ1) is 12.8. The van der Waals surface area contributed by atoms with Crippen molar-refractivity contribution in [2.45, 2.75) is 19.3 Å². The van der Waals surface area contributed by atoms with Crippen LogP contribution in [0.3, 0.4) is 0 Å². The lowest BCUT2D eigenvalue weighted by Gasteiger charge is -2.26. The van der Waals surface area contributed by atoms with Crippen LogP contribution in [-0.4, -0.2) is 34.7 Å². The molecular formula is C15H15FN2O2. The predicted octanol–water partition coefficient (Wildman–Crippen LogP) is 2.04. The van der Waals surface area contributed by atoms with E-state index in [0.29, 0.717) is 25.9 Å². The molecule has 1 aromatic carbocycles. The van der Waals surface area contributed by atoms with Gasteiger partial charge in [-0.1, -0.05) is 0 Å². The van der Waals surface area contributed by atoms with Crippen molar-refractivity contribution in [3.8, 4) is 0 Å². The van der Waals surface area contributed by atoms with E-state index in [2.05, 4.69) is 4.98 Å². The third-order valence-electron chi connectivity index (χ3n) is 3.74. The molecule has 1 aliphatic heterocycles. The highest BCUT2D eigenvalue weighted by atomic mass is 19.1. The molecule has 0 bridgehead atoms. The molecule has 0 spiro atoms. The fourth-order valence-electron chi connectivity index (χ4n) is 2.58. The van der Waals surface area contributed by atoms with Crippen LogP contribution in [0, 0.1) is 5.82 Å². The number of H-pyrrole nitrogens is 1. The van der Waals surface area contributed by atoms with Crippen LogP contribution in [0.2, 0.25) is 0 Å². The molecule has 0 radical (unpaired) electrons. The van der Waals surface area contributed by atoms with Gasteiger partial charge in [-0.05, 0) is 23.8 Å². The number of amides is 1. The van der Waals surface area contributed by atoms with Crippen LogP contribution in [-0.2, 0) is 16.0 Å². The van der Waals surface area contributed by atoms with Crippen LogP contribution in [0.1, 0.15) is 18.4 Å². The van der Waals surface area contributed by atoms with Gasteiger partial charge < -0.3 is 9.88 Å². The molecule has 0 atom stereocenters. The molecular weight excluding hydrogens is 259 g/mol. The Morgan fingerprint density at radius 3 is 2.80 bits per heavy atom. The first-order valence-electron chi connectivity index (χ1n) is 6.68. The summed E-state index contributed by atoms with van der Waals surface area (Å²) < 4.78 is 13.3. The van der Waals surface area contributed by atoms with Crippen LogP contribution in [0.5, 0.6) is 0 Å². The number of nitrogens with one attached hydrogen (secondary N) is 1. The van der Waals surface area contributed by atoms with Crippen LogP contribution in [0.4, 0.5) is 4.39 Å². The van der Waals surface area contributed by atoms with Gasteiger partial charge in [0.25, 0.3) is 0 Å². The summed E-state index contributed by atoms with van der Waals surface area (Å²) in [7, 11) is 0. The Kier molecular flexibility index (Phi) is 3.26. The Bertz CT molecular complexity index is 668. The molecule has 1 fully saturated rings. The quantitative estimate of drug-likeness (QED) is 0.911. The number of hydrogen-bond donors (Lipinski definition) is 1. The number of Topliss-reactive ketones (excluding diaryl/α,β-unsaturated/α-hetero) is 1. The molecule has 2 heterocycles. The maximum absolute atomic E-state index is 13.3. The van der Waals surface area contributed by atoms with Gasteiger partial charge in [-0.3, -0.25) is 9.59 Å². The number of piperidine rings is 1. The molecule has 1 aliphatic rings. The van der Waals surface area contributed by atoms with Crippen molar-refractivity contribution in [3.63, 3.8) is 0 Å². The minimum absolute atomic E-state index is 0.0114. The average Bonchev–Trinajstić information content (AvgIpc) is 2.82. The average molecular weight is 274 g/mol. The Labute approximate surface area is 115 Å². The van der Waals surface area contributed by atoms with E-state index < -0.39 is 0 Å². The maximum Gasteiger partial charge on any atom is 0.227 e. The summed E-state index contributed by atoms with van der Waals surface area (Å²) in [5.41, 5.74) is 1.62. The van der Waals surface area contributed by atoms with E-state index in [1.165, 1.54) is 12.1 Å². The number of benzene rings is 1. The number of aromatic amines is 1. The second-order valence-electron chi connectivity index (χ2n) is 5.10. The number of carbonyl (C=O) groups excluding carboxylic acids is 2. The summed E-state index contributed by atoms with van der Waals surface area (Å²) in [6, 6.07) is 4.49. The van der Waals surface area contributed by atoms with Gasteiger partial charge in [-0.25, -0.2) is 4.39 Å². The van der Waals surface area contributed by atoms with Gasteiger partial charge in [0.2, 0.25) is 5.91 Å². The van der Waals surface area contributed by atoms with E-state index in [-0.39, 0.29) is 23.9 Å². The third-order valence-corrected chi connectivity index (χ3v) is 3.74. The van der Waals surface area contributed by atoms with Crippen molar-refractivity contribution in [2.24, 2.45) is 0 Å². The van der Waals surface area contributed by atoms with Crippen LogP contribution in [0.15, 0.2) is 24.4 Å². The normalized spacial score (nSPS) is 15.8. The number of nitrogens with zero attached hydrogens (tertiary/aromatic N) is 1. The van der Waals surface area contributed by atoms with Gasteiger partial charge in [0, 0.05) is 43.0 Å². The lowest BCUT2D eigenvalue weighted by Crippen LogP contribution is -2.39. The smallest absolute Gasteiger partial charge is 0.227 e. The lowest BCUT2D eigenvalue weighted by atomic mass is 10.1. The molecule has 0 unspecified atom stereocenters. The summed E-state index contributed by atoms with van der Waals surface area (Å²) in [5, 5.41) is 0.742. The SMILES string of the molecule is O=C1CCN(C(=O)Cc2c[nH]c3ccc(F)cc23)CC1. The molecule has 3 rings (SSSR count). The molecule has 4 nitrogen and oxygen atoms in total. The minimum atomic E-state index is -0.311. The number of rotatable bonds is 2. The zero-order chi connectivity index (χ0) is 14.1. The Hall–Kier alpha value is -2.17. The topological polar surface area (TPSA) is 53.2 Å². The summed E-state index contributed by atoms with van der Waals surface area (Å²) in [6.45, 7) is 0.989. The van der Waals surface area contributed by atoms with Gasteiger partial charge in [0.15, 0.2) is 0 Å². The highest BCUT2D eigenvalue weighted by molar-refractivity contribution is 5.90. The first-order valence-corrected chi connectivity index (χ1v) is 6.68. The zero-order valence-electron chi connectivity index (χ0n) is 11.0. The molecule has 0 saturated carbocycles. The van der Waals surface area contributed by atoms with Gasteiger partial charge in [-0.2, -0.15) is 0 Å². The number of hydrogen-bond acceptors (Lipinski definition) is 2. The van der Waals surface area contributed by atoms with E-state index >= 15 is 0 Å². The number of halogens is 1. The van der Waals surface area contributed by atoms with Crippen LogP contribution in [0.25, 0.3) is 10.9 Å². The lowest BCUT2D eigenvalue weighted by molar-refractivity contribution is -0.133. The highest BCUT2D eigenvalue weighted by Gasteiger charge is 2.21. The number of ketones is 1. The Morgan fingerprint density at radius 1 is 1.30 bits per heavy atom. The fraction of sp³-hybridized carbons (Fsp3) is 0.333. The largest absolute Gasteiger partial charge is 0.361 e.